The van der Waals surface area contributed by atoms with Crippen LogP contribution in [0, 0.1) is 6.92 Å². The van der Waals surface area contributed by atoms with Gasteiger partial charge in [0.15, 0.2) is 5.65 Å². The van der Waals surface area contributed by atoms with Gasteiger partial charge in [-0.15, -0.1) is 0 Å². The van der Waals surface area contributed by atoms with Crippen molar-refractivity contribution in [2.45, 2.75) is 19.3 Å². The SMILES string of the molecule is Cc1ccc2ccc(-c3cc(C(F)(F)F)nc(C(F)(F)F)c3)nc2n1. The van der Waals surface area contributed by atoms with Crippen LogP contribution < -0.4 is 0 Å². The van der Waals surface area contributed by atoms with Crippen molar-refractivity contribution in [2.75, 3.05) is 0 Å². The Kier molecular flexibility index (Phi) is 3.89. The maximum absolute atomic E-state index is 12.9. The number of alkyl halides is 6. The normalized spacial score (nSPS) is 12.6. The minimum Gasteiger partial charge on any atom is -0.239 e. The van der Waals surface area contributed by atoms with Gasteiger partial charge >= 0.3 is 12.4 Å². The van der Waals surface area contributed by atoms with Gasteiger partial charge in [0, 0.05) is 16.6 Å². The van der Waals surface area contributed by atoms with E-state index in [1.807, 2.05) is 0 Å². The second-order valence-electron chi connectivity index (χ2n) is 5.32. The van der Waals surface area contributed by atoms with E-state index in [1.54, 1.807) is 19.1 Å². The highest BCUT2D eigenvalue weighted by Crippen LogP contribution is 2.36. The molecule has 3 aromatic heterocycles. The number of pyridine rings is 3. The zero-order chi connectivity index (χ0) is 18.4. The number of aromatic nitrogens is 3. The third kappa shape index (κ3) is 3.54. The third-order valence-corrected chi connectivity index (χ3v) is 3.39. The molecule has 0 spiro atoms. The maximum Gasteiger partial charge on any atom is 0.433 e. The molecule has 0 atom stereocenters. The molecule has 0 bridgehead atoms. The molecule has 0 amide bonds. The summed E-state index contributed by atoms with van der Waals surface area (Å²) in [4.78, 5) is 10.9. The number of rotatable bonds is 1. The van der Waals surface area contributed by atoms with Crippen LogP contribution in [0.3, 0.4) is 0 Å². The molecule has 0 fully saturated rings. The lowest BCUT2D eigenvalue weighted by molar-refractivity contribution is -0.150. The topological polar surface area (TPSA) is 38.7 Å². The summed E-state index contributed by atoms with van der Waals surface area (Å²) >= 11 is 0. The Hall–Kier alpha value is -2.71. The number of fused-ring (bicyclic) bond motifs is 1. The van der Waals surface area contributed by atoms with Crippen molar-refractivity contribution in [3.63, 3.8) is 0 Å². The molecule has 0 aromatic carbocycles. The maximum atomic E-state index is 12.9. The fourth-order valence-corrected chi connectivity index (χ4v) is 2.22. The minimum atomic E-state index is -5.01. The Morgan fingerprint density at radius 3 is 1.84 bits per heavy atom. The molecule has 3 nitrogen and oxygen atoms in total. The molecule has 0 saturated carbocycles. The predicted octanol–water partition coefficient (Wildman–Crippen LogP) is 5.04. The van der Waals surface area contributed by atoms with E-state index in [0.717, 1.165) is 0 Å². The van der Waals surface area contributed by atoms with Gasteiger partial charge in [-0.3, -0.25) is 0 Å². The zero-order valence-corrected chi connectivity index (χ0v) is 12.6. The zero-order valence-electron chi connectivity index (χ0n) is 12.6. The monoisotopic (exact) mass is 357 g/mol. The van der Waals surface area contributed by atoms with E-state index >= 15 is 0 Å². The number of hydrogen-bond donors (Lipinski definition) is 0. The van der Waals surface area contributed by atoms with Crippen LogP contribution in [0.25, 0.3) is 22.3 Å². The lowest BCUT2D eigenvalue weighted by Gasteiger charge is -2.13. The first-order valence-electron chi connectivity index (χ1n) is 6.95. The van der Waals surface area contributed by atoms with Gasteiger partial charge in [-0.25, -0.2) is 15.0 Å². The van der Waals surface area contributed by atoms with E-state index in [-0.39, 0.29) is 16.9 Å². The summed E-state index contributed by atoms with van der Waals surface area (Å²) in [5.41, 5.74) is -2.79. The average molecular weight is 357 g/mol. The highest BCUT2D eigenvalue weighted by molar-refractivity contribution is 5.78. The lowest BCUT2D eigenvalue weighted by atomic mass is 10.1. The predicted molar refractivity (Wildman–Crippen MR) is 77.5 cm³/mol. The van der Waals surface area contributed by atoms with Crippen LogP contribution in [-0.4, -0.2) is 15.0 Å². The molecule has 0 saturated heterocycles. The smallest absolute Gasteiger partial charge is 0.239 e. The van der Waals surface area contributed by atoms with Gasteiger partial charge < -0.3 is 0 Å². The fourth-order valence-electron chi connectivity index (χ4n) is 2.22. The largest absolute Gasteiger partial charge is 0.433 e. The van der Waals surface area contributed by atoms with Gasteiger partial charge in [0.1, 0.15) is 11.4 Å². The van der Waals surface area contributed by atoms with Gasteiger partial charge in [-0.1, -0.05) is 0 Å². The number of hydrogen-bond acceptors (Lipinski definition) is 3. The van der Waals surface area contributed by atoms with Gasteiger partial charge in [0.25, 0.3) is 0 Å². The van der Waals surface area contributed by atoms with Crippen LogP contribution in [-0.2, 0) is 12.4 Å². The summed E-state index contributed by atoms with van der Waals surface area (Å²) in [5.74, 6) is 0. The van der Waals surface area contributed by atoms with Crippen LogP contribution in [0.5, 0.6) is 0 Å². The molecule has 0 aliphatic heterocycles. The van der Waals surface area contributed by atoms with Crippen LogP contribution in [0.2, 0.25) is 0 Å². The molecule has 3 aromatic rings. The molecule has 0 unspecified atom stereocenters. The molecule has 9 heteroatoms. The van der Waals surface area contributed by atoms with Crippen LogP contribution in [0.15, 0.2) is 36.4 Å². The Morgan fingerprint density at radius 2 is 1.28 bits per heavy atom. The van der Waals surface area contributed by atoms with Crippen molar-refractivity contribution in [1.82, 2.24) is 15.0 Å². The first-order valence-corrected chi connectivity index (χ1v) is 6.95. The Balaban J connectivity index is 2.22. The second kappa shape index (κ2) is 5.68. The van der Waals surface area contributed by atoms with Crippen molar-refractivity contribution >= 4 is 11.0 Å². The quantitative estimate of drug-likeness (QED) is 0.573. The first kappa shape index (κ1) is 17.1. The molecule has 0 aliphatic carbocycles. The highest BCUT2D eigenvalue weighted by atomic mass is 19.4. The van der Waals surface area contributed by atoms with Crippen LogP contribution >= 0.6 is 0 Å². The van der Waals surface area contributed by atoms with Gasteiger partial charge in [-0.05, 0) is 43.3 Å². The van der Waals surface area contributed by atoms with E-state index < -0.39 is 23.7 Å². The second-order valence-corrected chi connectivity index (χ2v) is 5.32. The van der Waals surface area contributed by atoms with Crippen molar-refractivity contribution in [2.24, 2.45) is 0 Å². The first-order chi connectivity index (χ1) is 11.5. The molecule has 0 aliphatic rings. The van der Waals surface area contributed by atoms with E-state index in [1.165, 1.54) is 12.1 Å². The average Bonchev–Trinajstić information content (AvgIpc) is 2.52. The van der Waals surface area contributed by atoms with Crippen LogP contribution in [0.4, 0.5) is 26.3 Å². The summed E-state index contributed by atoms with van der Waals surface area (Å²) < 4.78 is 77.4. The number of nitrogens with zero attached hydrogens (tertiary/aromatic N) is 3. The lowest BCUT2D eigenvalue weighted by Crippen LogP contribution is -2.15. The Labute approximate surface area is 137 Å². The summed E-state index contributed by atoms with van der Waals surface area (Å²) in [6.07, 6.45) is -10.0. The molecular weight excluding hydrogens is 348 g/mol. The summed E-state index contributed by atoms with van der Waals surface area (Å²) in [6.45, 7) is 1.70. The van der Waals surface area contributed by atoms with E-state index in [0.29, 0.717) is 23.2 Å². The number of halogens is 6. The third-order valence-electron chi connectivity index (χ3n) is 3.39. The van der Waals surface area contributed by atoms with Crippen LogP contribution in [0.1, 0.15) is 17.1 Å². The van der Waals surface area contributed by atoms with Crippen molar-refractivity contribution in [3.8, 4) is 11.3 Å². The van der Waals surface area contributed by atoms with Gasteiger partial charge in [0.05, 0.1) is 5.69 Å². The molecule has 0 N–H and O–H groups in total. The summed E-state index contributed by atoms with van der Waals surface area (Å²) in [5, 5.41) is 0.621. The molecule has 3 rings (SSSR count). The summed E-state index contributed by atoms with van der Waals surface area (Å²) in [6, 6.07) is 7.39. The molecule has 130 valence electrons. The highest BCUT2D eigenvalue weighted by Gasteiger charge is 2.39. The minimum absolute atomic E-state index is 0.0519. The van der Waals surface area contributed by atoms with Gasteiger partial charge in [-0.2, -0.15) is 26.3 Å². The van der Waals surface area contributed by atoms with Gasteiger partial charge in [0.2, 0.25) is 0 Å². The Bertz CT molecular complexity index is 914. The Morgan fingerprint density at radius 1 is 0.720 bits per heavy atom. The van der Waals surface area contributed by atoms with E-state index in [9.17, 15) is 26.3 Å². The molecular formula is C16H9F6N3. The molecule has 25 heavy (non-hydrogen) atoms. The van der Waals surface area contributed by atoms with Crippen molar-refractivity contribution < 1.29 is 26.3 Å². The van der Waals surface area contributed by atoms with E-state index in [4.69, 9.17) is 0 Å². The van der Waals surface area contributed by atoms with E-state index in [2.05, 4.69) is 15.0 Å². The number of aryl methyl sites for hydroxylation is 1. The fraction of sp³-hybridized carbons (Fsp3) is 0.188. The molecule has 0 radical (unpaired) electrons. The standard InChI is InChI=1S/C16H9F6N3/c1-8-2-3-9-4-5-11(24-14(9)23-8)10-6-12(15(17,18)19)25-13(7-10)16(20,21)22/h2-7H,1H3. The van der Waals surface area contributed by atoms with Crippen molar-refractivity contribution in [3.05, 3.63) is 53.5 Å². The van der Waals surface area contributed by atoms with Crippen molar-refractivity contribution in [1.29, 1.82) is 0 Å². The summed E-state index contributed by atoms with van der Waals surface area (Å²) in [7, 11) is 0. The molecule has 3 heterocycles.